The van der Waals surface area contributed by atoms with E-state index in [1.165, 1.54) is 23.0 Å². The van der Waals surface area contributed by atoms with E-state index in [-0.39, 0.29) is 18.4 Å². The van der Waals surface area contributed by atoms with E-state index in [0.717, 1.165) is 0 Å². The van der Waals surface area contributed by atoms with Crippen molar-refractivity contribution in [1.82, 2.24) is 9.80 Å². The minimum absolute atomic E-state index is 0.0161. The first kappa shape index (κ1) is 17.3. The quantitative estimate of drug-likeness (QED) is 0.798. The number of carbonyl (C=O) groups excluding carboxylic acids is 2. The van der Waals surface area contributed by atoms with E-state index in [1.807, 2.05) is 0 Å². The summed E-state index contributed by atoms with van der Waals surface area (Å²) in [4.78, 5) is 27.2. The molecule has 2 N–H and O–H groups in total. The molecular formula is C14H20ClN3O3. The Kier molecular flexibility index (Phi) is 6.45. The minimum atomic E-state index is -0.286. The van der Waals surface area contributed by atoms with Gasteiger partial charge in [0.15, 0.2) is 0 Å². The van der Waals surface area contributed by atoms with Gasteiger partial charge in [0.05, 0.1) is 17.3 Å². The molecule has 116 valence electrons. The Morgan fingerprint density at radius 3 is 2.52 bits per heavy atom. The van der Waals surface area contributed by atoms with Crippen LogP contribution in [-0.4, -0.2) is 62.5 Å². The van der Waals surface area contributed by atoms with Crippen molar-refractivity contribution in [3.8, 4) is 0 Å². The number of rotatable bonds is 6. The Balaban J connectivity index is 2.92. The van der Waals surface area contributed by atoms with E-state index >= 15 is 0 Å². The first-order valence-corrected chi connectivity index (χ1v) is 6.78. The average Bonchev–Trinajstić information content (AvgIpc) is 2.45. The Hall–Kier alpha value is -1.79. The molecule has 1 rings (SSSR count). The molecule has 0 unspecified atom stereocenters. The highest BCUT2D eigenvalue weighted by Gasteiger charge is 2.20. The number of nitrogens with two attached hydrogens (primary N) is 1. The van der Waals surface area contributed by atoms with E-state index in [9.17, 15) is 9.59 Å². The maximum atomic E-state index is 12.5. The molecule has 2 amide bonds. The van der Waals surface area contributed by atoms with Gasteiger partial charge in [-0.25, -0.2) is 0 Å². The summed E-state index contributed by atoms with van der Waals surface area (Å²) < 4.78 is 4.98. The lowest BCUT2D eigenvalue weighted by molar-refractivity contribution is -0.129. The summed E-state index contributed by atoms with van der Waals surface area (Å²) in [6, 6.07) is 4.65. The van der Waals surface area contributed by atoms with Gasteiger partial charge in [0.1, 0.15) is 6.54 Å². The Bertz CT molecular complexity index is 520. The number of methoxy groups -OCH3 is 1. The van der Waals surface area contributed by atoms with Crippen LogP contribution in [0.25, 0.3) is 0 Å². The third kappa shape index (κ3) is 4.91. The van der Waals surface area contributed by atoms with Crippen LogP contribution in [-0.2, 0) is 9.53 Å². The van der Waals surface area contributed by atoms with Gasteiger partial charge < -0.3 is 20.3 Å². The number of amides is 2. The van der Waals surface area contributed by atoms with Crippen molar-refractivity contribution in [3.63, 3.8) is 0 Å². The van der Waals surface area contributed by atoms with Crippen molar-refractivity contribution >= 4 is 29.1 Å². The predicted octanol–water partition coefficient (Wildman–Crippen LogP) is 1.10. The molecule has 7 heteroatoms. The third-order valence-corrected chi connectivity index (χ3v) is 3.26. The van der Waals surface area contributed by atoms with Crippen LogP contribution in [0, 0.1) is 0 Å². The molecule has 0 bridgehead atoms. The van der Waals surface area contributed by atoms with E-state index in [4.69, 9.17) is 22.1 Å². The van der Waals surface area contributed by atoms with Gasteiger partial charge in [-0.2, -0.15) is 0 Å². The zero-order valence-electron chi connectivity index (χ0n) is 12.4. The van der Waals surface area contributed by atoms with Crippen molar-refractivity contribution < 1.29 is 14.3 Å². The number of benzene rings is 1. The fourth-order valence-corrected chi connectivity index (χ4v) is 1.74. The van der Waals surface area contributed by atoms with Crippen LogP contribution in [0.5, 0.6) is 0 Å². The maximum absolute atomic E-state index is 12.5. The van der Waals surface area contributed by atoms with Crippen LogP contribution in [0.3, 0.4) is 0 Å². The average molecular weight is 314 g/mol. The van der Waals surface area contributed by atoms with Gasteiger partial charge >= 0.3 is 0 Å². The second-order valence-electron chi connectivity index (χ2n) is 4.74. The van der Waals surface area contributed by atoms with Gasteiger partial charge in [-0.3, -0.25) is 9.59 Å². The Labute approximate surface area is 129 Å². The van der Waals surface area contributed by atoms with Crippen LogP contribution >= 0.6 is 11.6 Å². The Morgan fingerprint density at radius 2 is 2.00 bits per heavy atom. The number of anilines is 1. The van der Waals surface area contributed by atoms with Crippen LogP contribution < -0.4 is 5.73 Å². The van der Waals surface area contributed by atoms with Crippen molar-refractivity contribution in [3.05, 3.63) is 28.8 Å². The molecule has 1 aromatic carbocycles. The molecule has 21 heavy (non-hydrogen) atoms. The number of nitrogens with zero attached hydrogens (tertiary/aromatic N) is 2. The summed E-state index contributed by atoms with van der Waals surface area (Å²) in [7, 11) is 4.82. The van der Waals surface area contributed by atoms with Crippen LogP contribution in [0.15, 0.2) is 18.2 Å². The summed E-state index contributed by atoms with van der Waals surface area (Å²) in [5.41, 5.74) is 6.42. The number of halogens is 1. The molecule has 0 aromatic heterocycles. The van der Waals surface area contributed by atoms with Crippen LogP contribution in [0.4, 0.5) is 5.69 Å². The second-order valence-corrected chi connectivity index (χ2v) is 5.15. The molecule has 0 heterocycles. The summed E-state index contributed by atoms with van der Waals surface area (Å²) >= 11 is 5.84. The van der Waals surface area contributed by atoms with E-state index in [0.29, 0.717) is 29.4 Å². The summed E-state index contributed by atoms with van der Waals surface area (Å²) in [5, 5.41) is 0.388. The first-order chi connectivity index (χ1) is 9.86. The van der Waals surface area contributed by atoms with Crippen LogP contribution in [0.1, 0.15) is 10.4 Å². The number of nitrogen functional groups attached to an aromatic ring is 1. The van der Waals surface area contributed by atoms with Gasteiger partial charge in [-0.05, 0) is 18.2 Å². The highest BCUT2D eigenvalue weighted by atomic mass is 35.5. The van der Waals surface area contributed by atoms with E-state index < -0.39 is 0 Å². The van der Waals surface area contributed by atoms with E-state index in [2.05, 4.69) is 0 Å². The SMILES string of the molecule is COCCN(CC(=O)N(C)C)C(=O)c1ccc(Cl)c(N)c1. The fourth-order valence-electron chi connectivity index (χ4n) is 1.62. The minimum Gasteiger partial charge on any atom is -0.398 e. The topological polar surface area (TPSA) is 75.9 Å². The highest BCUT2D eigenvalue weighted by Crippen LogP contribution is 2.20. The lowest BCUT2D eigenvalue weighted by atomic mass is 10.1. The number of carbonyl (C=O) groups is 2. The molecule has 0 radical (unpaired) electrons. The van der Waals surface area contributed by atoms with Crippen molar-refractivity contribution in [2.45, 2.75) is 0 Å². The smallest absolute Gasteiger partial charge is 0.254 e. The molecule has 0 atom stereocenters. The van der Waals surface area contributed by atoms with Gasteiger partial charge in [-0.15, -0.1) is 0 Å². The van der Waals surface area contributed by atoms with Gasteiger partial charge in [0.25, 0.3) is 5.91 Å². The second kappa shape index (κ2) is 7.85. The molecule has 0 saturated heterocycles. The number of ether oxygens (including phenoxy) is 1. The summed E-state index contributed by atoms with van der Waals surface area (Å²) in [6.07, 6.45) is 0. The van der Waals surface area contributed by atoms with Crippen molar-refractivity contribution in [2.75, 3.05) is 46.6 Å². The van der Waals surface area contributed by atoms with Crippen molar-refractivity contribution in [1.29, 1.82) is 0 Å². The predicted molar refractivity (Wildman–Crippen MR) is 82.3 cm³/mol. The maximum Gasteiger partial charge on any atom is 0.254 e. The lowest BCUT2D eigenvalue weighted by Crippen LogP contribution is -2.41. The molecule has 0 aliphatic rings. The molecule has 1 aromatic rings. The molecular weight excluding hydrogens is 294 g/mol. The van der Waals surface area contributed by atoms with Gasteiger partial charge in [0.2, 0.25) is 5.91 Å². The monoisotopic (exact) mass is 313 g/mol. The lowest BCUT2D eigenvalue weighted by Gasteiger charge is -2.23. The van der Waals surface area contributed by atoms with Gasteiger partial charge in [-0.1, -0.05) is 11.6 Å². The molecule has 0 aliphatic carbocycles. The molecule has 0 aliphatic heterocycles. The van der Waals surface area contributed by atoms with Crippen LogP contribution in [0.2, 0.25) is 5.02 Å². The largest absolute Gasteiger partial charge is 0.398 e. The van der Waals surface area contributed by atoms with E-state index in [1.54, 1.807) is 26.2 Å². The summed E-state index contributed by atoms with van der Waals surface area (Å²) in [6.45, 7) is 0.644. The molecule has 0 spiro atoms. The zero-order valence-corrected chi connectivity index (χ0v) is 13.2. The number of hydrogen-bond donors (Lipinski definition) is 1. The fraction of sp³-hybridized carbons (Fsp3) is 0.429. The normalized spacial score (nSPS) is 10.3. The molecule has 6 nitrogen and oxygen atoms in total. The number of hydrogen-bond acceptors (Lipinski definition) is 4. The summed E-state index contributed by atoms with van der Waals surface area (Å²) in [5.74, 6) is -0.452. The molecule has 0 saturated carbocycles. The number of likely N-dealkylation sites (N-methyl/N-ethyl adjacent to an activating group) is 1. The van der Waals surface area contributed by atoms with Crippen molar-refractivity contribution in [2.24, 2.45) is 0 Å². The first-order valence-electron chi connectivity index (χ1n) is 6.40. The highest BCUT2D eigenvalue weighted by molar-refractivity contribution is 6.33. The van der Waals surface area contributed by atoms with Gasteiger partial charge in [0, 0.05) is 33.3 Å². The Morgan fingerprint density at radius 1 is 1.33 bits per heavy atom. The standard InChI is InChI=1S/C14H20ClN3O3/c1-17(2)13(19)9-18(6-7-21-3)14(20)10-4-5-11(15)12(16)8-10/h4-5,8H,6-7,9,16H2,1-3H3. The zero-order chi connectivity index (χ0) is 16.0. The third-order valence-electron chi connectivity index (χ3n) is 2.92. The molecule has 0 fully saturated rings.